The second-order valence-corrected chi connectivity index (χ2v) is 2.60. The number of nitro groups is 1. The summed E-state index contributed by atoms with van der Waals surface area (Å²) < 4.78 is 0. The first-order valence-corrected chi connectivity index (χ1v) is 3.69. The summed E-state index contributed by atoms with van der Waals surface area (Å²) in [5.74, 6) is -3.95. The summed E-state index contributed by atoms with van der Waals surface area (Å²) in [5.41, 5.74) is -4.53. The van der Waals surface area contributed by atoms with E-state index in [-0.39, 0.29) is 0 Å². The van der Waals surface area contributed by atoms with Crippen molar-refractivity contribution in [3.63, 3.8) is 0 Å². The van der Waals surface area contributed by atoms with Gasteiger partial charge in [-0.3, -0.25) is 14.9 Å². The van der Waals surface area contributed by atoms with Crippen LogP contribution in [0.15, 0.2) is 10.9 Å². The zero-order valence-corrected chi connectivity index (χ0v) is 7.38. The predicted octanol–water partition coefficient (Wildman–Crippen LogP) is -2.99. The number of hydrogen-bond acceptors (Lipinski definition) is 7. The Labute approximate surface area is 86.1 Å². The minimum absolute atomic E-state index is 0.305. The van der Waals surface area contributed by atoms with Crippen LogP contribution in [0.4, 0.5) is 5.69 Å². The van der Waals surface area contributed by atoms with E-state index < -0.39 is 39.4 Å². The van der Waals surface area contributed by atoms with Crippen molar-refractivity contribution >= 4 is 17.6 Å². The van der Waals surface area contributed by atoms with E-state index in [0.717, 1.165) is 0 Å². The second kappa shape index (κ2) is 3.81. The molecule has 0 unspecified atom stereocenters. The Kier molecular flexibility index (Phi) is 2.70. The van der Waals surface area contributed by atoms with E-state index >= 15 is 0 Å². The van der Waals surface area contributed by atoms with Gasteiger partial charge < -0.3 is 24.8 Å². The monoisotopic (exact) mass is 226 g/mol. The SMILES string of the molecule is O=C([O-])c1cc([N+](=O)[O-])c(=O)[nH]c1C(=O)[O-]. The molecule has 16 heavy (non-hydrogen) atoms. The fraction of sp³-hybridized carbons (Fsp3) is 0. The number of aromatic nitrogens is 1. The van der Waals surface area contributed by atoms with Crippen molar-refractivity contribution in [1.82, 2.24) is 4.98 Å². The van der Waals surface area contributed by atoms with Crippen LogP contribution < -0.4 is 15.8 Å². The number of carbonyl (C=O) groups is 2. The van der Waals surface area contributed by atoms with Crippen LogP contribution in [0.1, 0.15) is 20.8 Å². The summed E-state index contributed by atoms with van der Waals surface area (Å²) in [5, 5.41) is 31.2. The molecule has 0 saturated heterocycles. The average molecular weight is 226 g/mol. The molecule has 1 aromatic heterocycles. The predicted molar refractivity (Wildman–Crippen MR) is 42.4 cm³/mol. The first kappa shape index (κ1) is 11.4. The van der Waals surface area contributed by atoms with Gasteiger partial charge in [0.1, 0.15) is 0 Å². The number of aromatic amines is 1. The van der Waals surface area contributed by atoms with E-state index in [4.69, 9.17) is 0 Å². The van der Waals surface area contributed by atoms with Crippen molar-refractivity contribution in [3.8, 4) is 0 Å². The van der Waals surface area contributed by atoms with Gasteiger partial charge in [-0.05, 0) is 0 Å². The van der Waals surface area contributed by atoms with Gasteiger partial charge in [0, 0.05) is 11.6 Å². The normalized spacial score (nSPS) is 9.75. The Bertz CT molecular complexity index is 544. The number of aromatic carboxylic acids is 2. The lowest BCUT2D eigenvalue weighted by atomic mass is 10.2. The summed E-state index contributed by atoms with van der Waals surface area (Å²) in [6.45, 7) is 0. The number of nitrogens with one attached hydrogen (secondary N) is 1. The highest BCUT2D eigenvalue weighted by atomic mass is 16.6. The molecule has 0 fully saturated rings. The lowest BCUT2D eigenvalue weighted by molar-refractivity contribution is -0.386. The molecular weight excluding hydrogens is 224 g/mol. The zero-order valence-electron chi connectivity index (χ0n) is 7.38. The van der Waals surface area contributed by atoms with Crippen molar-refractivity contribution < 1.29 is 24.7 Å². The quantitative estimate of drug-likeness (QED) is 0.425. The molecule has 1 N–H and O–H groups in total. The van der Waals surface area contributed by atoms with Crippen molar-refractivity contribution in [2.75, 3.05) is 0 Å². The molecule has 1 rings (SSSR count). The molecule has 1 heterocycles. The summed E-state index contributed by atoms with van der Waals surface area (Å²) in [6, 6.07) is 0.305. The molecular formula is C7H2N2O7-2. The van der Waals surface area contributed by atoms with E-state index in [0.29, 0.717) is 6.07 Å². The number of carboxylic acids is 2. The number of H-pyrrole nitrogens is 1. The molecule has 0 aliphatic heterocycles. The number of nitrogens with zero attached hydrogens (tertiary/aromatic N) is 1. The first-order chi connectivity index (χ1) is 7.34. The van der Waals surface area contributed by atoms with Gasteiger partial charge in [0.2, 0.25) is 0 Å². The fourth-order valence-corrected chi connectivity index (χ4v) is 0.977. The molecule has 0 radical (unpaired) electrons. The summed E-state index contributed by atoms with van der Waals surface area (Å²) in [6.07, 6.45) is 0. The largest absolute Gasteiger partial charge is 0.545 e. The second-order valence-electron chi connectivity index (χ2n) is 2.60. The fourth-order valence-electron chi connectivity index (χ4n) is 0.977. The topological polar surface area (TPSA) is 156 Å². The number of rotatable bonds is 3. The van der Waals surface area contributed by atoms with Crippen LogP contribution in [0.2, 0.25) is 0 Å². The Morgan fingerprint density at radius 3 is 2.19 bits per heavy atom. The molecule has 0 aliphatic rings. The Morgan fingerprint density at radius 2 is 1.81 bits per heavy atom. The average Bonchev–Trinajstić information content (AvgIpc) is 2.15. The molecule has 0 saturated carbocycles. The van der Waals surface area contributed by atoms with Crippen molar-refractivity contribution in [3.05, 3.63) is 37.8 Å². The van der Waals surface area contributed by atoms with Crippen LogP contribution in [0.5, 0.6) is 0 Å². The highest BCUT2D eigenvalue weighted by Gasteiger charge is 2.17. The van der Waals surface area contributed by atoms with E-state index in [1.165, 1.54) is 4.98 Å². The minimum Gasteiger partial charge on any atom is -0.545 e. The zero-order chi connectivity index (χ0) is 12.5. The standard InChI is InChI=1S/C7H4N2O7/c10-5-3(9(15)16)1-2(6(11)12)4(8-5)7(13)14/h1H,(H,8,10)(H,11,12)(H,13,14)/p-2. The van der Waals surface area contributed by atoms with Crippen LogP contribution in [-0.4, -0.2) is 21.8 Å². The third-order valence-electron chi connectivity index (χ3n) is 1.64. The molecule has 0 atom stereocenters. The van der Waals surface area contributed by atoms with Gasteiger partial charge in [-0.1, -0.05) is 0 Å². The highest BCUT2D eigenvalue weighted by molar-refractivity contribution is 5.98. The van der Waals surface area contributed by atoms with Crippen LogP contribution in [0.25, 0.3) is 0 Å². The smallest absolute Gasteiger partial charge is 0.334 e. The van der Waals surface area contributed by atoms with Crippen LogP contribution >= 0.6 is 0 Å². The van der Waals surface area contributed by atoms with Gasteiger partial charge in [0.15, 0.2) is 0 Å². The summed E-state index contributed by atoms with van der Waals surface area (Å²) >= 11 is 0. The van der Waals surface area contributed by atoms with Crippen molar-refractivity contribution in [1.29, 1.82) is 0 Å². The van der Waals surface area contributed by atoms with Crippen LogP contribution in [-0.2, 0) is 0 Å². The van der Waals surface area contributed by atoms with Gasteiger partial charge in [-0.15, -0.1) is 0 Å². The maximum absolute atomic E-state index is 11.0. The van der Waals surface area contributed by atoms with E-state index in [1.807, 2.05) is 0 Å². The summed E-state index contributed by atoms with van der Waals surface area (Å²) in [7, 11) is 0. The van der Waals surface area contributed by atoms with Crippen LogP contribution in [0.3, 0.4) is 0 Å². The molecule has 0 aromatic carbocycles. The number of hydrogen-bond donors (Lipinski definition) is 1. The molecule has 1 aromatic rings. The molecule has 9 nitrogen and oxygen atoms in total. The highest BCUT2D eigenvalue weighted by Crippen LogP contribution is 2.09. The van der Waals surface area contributed by atoms with Gasteiger partial charge in [-0.2, -0.15) is 0 Å². The van der Waals surface area contributed by atoms with Gasteiger partial charge >= 0.3 is 11.2 Å². The number of carbonyl (C=O) groups excluding carboxylic acids is 2. The van der Waals surface area contributed by atoms with Gasteiger partial charge in [0.25, 0.3) is 0 Å². The van der Waals surface area contributed by atoms with Gasteiger partial charge in [0.05, 0.1) is 22.6 Å². The molecule has 0 bridgehead atoms. The van der Waals surface area contributed by atoms with Crippen molar-refractivity contribution in [2.45, 2.75) is 0 Å². The summed E-state index contributed by atoms with van der Waals surface area (Å²) in [4.78, 5) is 42.5. The molecule has 0 aliphatic carbocycles. The first-order valence-electron chi connectivity index (χ1n) is 3.69. The lowest BCUT2D eigenvalue weighted by Gasteiger charge is -2.09. The molecule has 0 amide bonds. The Hall–Kier alpha value is -2.71. The van der Waals surface area contributed by atoms with Gasteiger partial charge in [-0.25, -0.2) is 0 Å². The third-order valence-corrected chi connectivity index (χ3v) is 1.64. The van der Waals surface area contributed by atoms with E-state index in [9.17, 15) is 34.7 Å². The molecule has 0 spiro atoms. The molecule has 84 valence electrons. The molecule has 9 heteroatoms. The Morgan fingerprint density at radius 1 is 1.25 bits per heavy atom. The third kappa shape index (κ3) is 1.87. The van der Waals surface area contributed by atoms with Crippen molar-refractivity contribution in [2.24, 2.45) is 0 Å². The maximum atomic E-state index is 11.0. The van der Waals surface area contributed by atoms with Crippen LogP contribution in [0, 0.1) is 10.1 Å². The Balaban J connectivity index is 3.62. The number of pyridine rings is 1. The lowest BCUT2D eigenvalue weighted by Crippen LogP contribution is -2.33. The maximum Gasteiger partial charge on any atom is 0.334 e. The minimum atomic E-state index is -1.98. The number of carboxylic acid groups (broad SMARTS) is 2. The van der Waals surface area contributed by atoms with E-state index in [1.54, 1.807) is 0 Å². The van der Waals surface area contributed by atoms with E-state index in [2.05, 4.69) is 0 Å².